The summed E-state index contributed by atoms with van der Waals surface area (Å²) in [6.45, 7) is 0.690. The number of nitrogens with one attached hydrogen (secondary N) is 1. The van der Waals surface area contributed by atoms with Gasteiger partial charge in [0.2, 0.25) is 0 Å². The predicted octanol–water partition coefficient (Wildman–Crippen LogP) is 3.83. The molecular weight excluding hydrogens is 372 g/mol. The van der Waals surface area contributed by atoms with Crippen LogP contribution in [0.15, 0.2) is 59.6 Å². The quantitative estimate of drug-likeness (QED) is 0.507. The number of aromatic nitrogens is 1. The molecule has 5 nitrogen and oxygen atoms in total. The molecule has 1 aromatic heterocycles. The minimum absolute atomic E-state index is 0.0838. The van der Waals surface area contributed by atoms with Crippen molar-refractivity contribution >= 4 is 20.7 Å². The molecule has 0 spiro atoms. The van der Waals surface area contributed by atoms with Gasteiger partial charge in [0.15, 0.2) is 9.84 Å². The molecule has 28 heavy (non-hydrogen) atoms. The van der Waals surface area contributed by atoms with Crippen LogP contribution in [0.3, 0.4) is 0 Å². The van der Waals surface area contributed by atoms with E-state index in [9.17, 15) is 13.6 Å². The Hall–Kier alpha value is -2.15. The van der Waals surface area contributed by atoms with Gasteiger partial charge in [-0.2, -0.15) is 0 Å². The highest BCUT2D eigenvalue weighted by molar-refractivity contribution is 7.91. The number of H-pyrrole nitrogens is 1. The van der Waals surface area contributed by atoms with E-state index in [1.54, 1.807) is 31.3 Å². The van der Waals surface area contributed by atoms with Crippen LogP contribution in [0.25, 0.3) is 10.9 Å². The predicted molar refractivity (Wildman–Crippen MR) is 112 cm³/mol. The van der Waals surface area contributed by atoms with Gasteiger partial charge >= 0.3 is 0 Å². The third-order valence-electron chi connectivity index (χ3n) is 5.96. The third kappa shape index (κ3) is 3.85. The Balaban J connectivity index is 1.53. The number of rotatable bonds is 6. The second-order valence-electron chi connectivity index (χ2n) is 7.97. The van der Waals surface area contributed by atoms with Crippen LogP contribution in [-0.2, 0) is 22.7 Å². The maximum Gasteiger partial charge on any atom is 0.178 e. The molecule has 3 aromatic rings. The minimum atomic E-state index is -3.29. The molecule has 0 amide bonds. The maximum absolute atomic E-state index is 12.6. The van der Waals surface area contributed by atoms with Crippen LogP contribution in [0, 0.1) is 5.21 Å². The largest absolute Gasteiger partial charge is 0.633 e. The Morgan fingerprint density at radius 3 is 2.68 bits per heavy atom. The van der Waals surface area contributed by atoms with E-state index in [2.05, 4.69) is 11.1 Å². The SMILES string of the molecule is C[N+]1([O-])CCCC1Cc1c[nH]c2ccc(CCS(=O)(=O)c3ccccc3)cc12. The fourth-order valence-electron chi connectivity index (χ4n) is 4.19. The first-order valence-corrected chi connectivity index (χ1v) is 11.4. The second kappa shape index (κ2) is 7.35. The van der Waals surface area contributed by atoms with E-state index in [1.165, 1.54) is 0 Å². The smallest absolute Gasteiger partial charge is 0.178 e. The molecule has 1 N–H and O–H groups in total. The summed E-state index contributed by atoms with van der Waals surface area (Å²) in [6, 6.07) is 14.7. The van der Waals surface area contributed by atoms with Crippen LogP contribution in [-0.4, -0.2) is 43.4 Å². The van der Waals surface area contributed by atoms with E-state index in [0.29, 0.717) is 17.9 Å². The summed E-state index contributed by atoms with van der Waals surface area (Å²) < 4.78 is 24.9. The number of hydrogen-bond acceptors (Lipinski definition) is 3. The summed E-state index contributed by atoms with van der Waals surface area (Å²) in [5.41, 5.74) is 3.18. The standard InChI is InChI=1S/C22H26N2O3S/c1-24(25)12-5-6-19(24)15-18-16-23-22-10-9-17(14-21(18)22)11-13-28(26,27)20-7-3-2-4-8-20/h2-4,7-10,14,16,19,23H,5-6,11-13,15H2,1H3. The zero-order valence-electron chi connectivity index (χ0n) is 16.1. The lowest BCUT2D eigenvalue weighted by molar-refractivity contribution is -0.872. The number of quaternary nitrogens is 1. The number of aryl methyl sites for hydroxylation is 1. The molecule has 0 aliphatic carbocycles. The zero-order valence-corrected chi connectivity index (χ0v) is 16.9. The molecule has 148 valence electrons. The van der Waals surface area contributed by atoms with Crippen molar-refractivity contribution in [2.75, 3.05) is 19.3 Å². The van der Waals surface area contributed by atoms with Gasteiger partial charge in [-0.05, 0) is 41.8 Å². The van der Waals surface area contributed by atoms with Crippen LogP contribution >= 0.6 is 0 Å². The first-order valence-electron chi connectivity index (χ1n) is 9.78. The molecule has 0 bridgehead atoms. The van der Waals surface area contributed by atoms with Gasteiger partial charge in [0.1, 0.15) is 0 Å². The van der Waals surface area contributed by atoms with Crippen molar-refractivity contribution in [1.29, 1.82) is 0 Å². The van der Waals surface area contributed by atoms with Gasteiger partial charge in [-0.15, -0.1) is 0 Å². The van der Waals surface area contributed by atoms with E-state index >= 15 is 0 Å². The molecule has 0 radical (unpaired) electrons. The van der Waals surface area contributed by atoms with Crippen LogP contribution in [0.1, 0.15) is 24.0 Å². The van der Waals surface area contributed by atoms with Crippen molar-refractivity contribution in [3.63, 3.8) is 0 Å². The summed E-state index contributed by atoms with van der Waals surface area (Å²) in [7, 11) is -1.52. The monoisotopic (exact) mass is 398 g/mol. The number of sulfone groups is 1. The molecule has 4 rings (SSSR count). The Morgan fingerprint density at radius 1 is 1.18 bits per heavy atom. The first kappa shape index (κ1) is 19.2. The van der Waals surface area contributed by atoms with Gasteiger partial charge in [-0.1, -0.05) is 24.3 Å². The highest BCUT2D eigenvalue weighted by atomic mass is 32.2. The third-order valence-corrected chi connectivity index (χ3v) is 7.69. The van der Waals surface area contributed by atoms with Gasteiger partial charge in [-0.3, -0.25) is 0 Å². The number of aromatic amines is 1. The molecule has 1 saturated heterocycles. The van der Waals surface area contributed by atoms with Crippen molar-refractivity contribution in [3.8, 4) is 0 Å². The summed E-state index contributed by atoms with van der Waals surface area (Å²) >= 11 is 0. The lowest BCUT2D eigenvalue weighted by Gasteiger charge is -2.40. The number of likely N-dealkylation sites (tertiary alicyclic amines) is 1. The van der Waals surface area contributed by atoms with E-state index in [1.807, 2.05) is 24.4 Å². The van der Waals surface area contributed by atoms with Crippen LogP contribution < -0.4 is 0 Å². The summed E-state index contributed by atoms with van der Waals surface area (Å²) in [5, 5.41) is 13.7. The van der Waals surface area contributed by atoms with E-state index in [4.69, 9.17) is 0 Å². The van der Waals surface area contributed by atoms with Crippen molar-refractivity contribution < 1.29 is 13.1 Å². The van der Waals surface area contributed by atoms with Gasteiger partial charge in [0, 0.05) is 36.4 Å². The molecule has 0 saturated carbocycles. The average Bonchev–Trinajstić information content (AvgIpc) is 3.24. The molecule has 2 unspecified atom stereocenters. The Morgan fingerprint density at radius 2 is 1.96 bits per heavy atom. The molecule has 2 heterocycles. The number of hydrogen-bond donors (Lipinski definition) is 1. The van der Waals surface area contributed by atoms with Gasteiger partial charge in [0.05, 0.1) is 30.3 Å². The molecule has 1 fully saturated rings. The fourth-order valence-corrected chi connectivity index (χ4v) is 5.51. The van der Waals surface area contributed by atoms with Crippen molar-refractivity contribution in [2.45, 2.75) is 36.6 Å². The molecule has 1 aliphatic heterocycles. The summed E-state index contributed by atoms with van der Waals surface area (Å²) in [6.07, 6.45) is 5.16. The van der Waals surface area contributed by atoms with Gasteiger partial charge in [-0.25, -0.2) is 8.42 Å². The summed E-state index contributed by atoms with van der Waals surface area (Å²) in [5.74, 6) is 0.0838. The van der Waals surface area contributed by atoms with Crippen LogP contribution in [0.5, 0.6) is 0 Å². The highest BCUT2D eigenvalue weighted by Crippen LogP contribution is 2.29. The van der Waals surface area contributed by atoms with Crippen molar-refractivity contribution in [2.24, 2.45) is 0 Å². The lowest BCUT2D eigenvalue weighted by Crippen LogP contribution is -2.43. The number of nitrogens with zero attached hydrogens (tertiary/aromatic N) is 1. The molecule has 1 aliphatic rings. The number of likely N-dealkylation sites (N-methyl/N-ethyl adjacent to an activating group) is 1. The topological polar surface area (TPSA) is 73.0 Å². The van der Waals surface area contributed by atoms with Gasteiger partial charge in [0.25, 0.3) is 0 Å². The minimum Gasteiger partial charge on any atom is -0.633 e. The second-order valence-corrected chi connectivity index (χ2v) is 10.1. The molecule has 6 heteroatoms. The van der Waals surface area contributed by atoms with Crippen LogP contribution in [0.4, 0.5) is 0 Å². The molecule has 2 aromatic carbocycles. The van der Waals surface area contributed by atoms with Gasteiger partial charge < -0.3 is 14.8 Å². The number of fused-ring (bicyclic) bond motifs is 1. The van der Waals surface area contributed by atoms with Crippen molar-refractivity contribution in [3.05, 3.63) is 71.1 Å². The van der Waals surface area contributed by atoms with E-state index in [0.717, 1.165) is 41.3 Å². The maximum atomic E-state index is 12.6. The normalized spacial score (nSPS) is 22.7. The van der Waals surface area contributed by atoms with Crippen LogP contribution in [0.2, 0.25) is 0 Å². The number of benzene rings is 2. The Bertz CT molecular complexity index is 1070. The Kier molecular flexibility index (Phi) is 5.04. The molecule has 2 atom stereocenters. The average molecular weight is 399 g/mol. The van der Waals surface area contributed by atoms with Crippen molar-refractivity contribution in [1.82, 2.24) is 4.98 Å². The number of hydroxylamine groups is 3. The Labute approximate surface area is 166 Å². The van der Waals surface area contributed by atoms with E-state index < -0.39 is 9.84 Å². The molecular formula is C22H26N2O3S. The fraction of sp³-hybridized carbons (Fsp3) is 0.364. The van der Waals surface area contributed by atoms with E-state index in [-0.39, 0.29) is 16.4 Å². The lowest BCUT2D eigenvalue weighted by atomic mass is 10.0. The summed E-state index contributed by atoms with van der Waals surface area (Å²) in [4.78, 5) is 3.66. The zero-order chi connectivity index (χ0) is 19.8. The highest BCUT2D eigenvalue weighted by Gasteiger charge is 2.31. The first-order chi connectivity index (χ1) is 13.4.